The fourth-order valence-corrected chi connectivity index (χ4v) is 2.52. The van der Waals surface area contributed by atoms with Gasteiger partial charge in [-0.25, -0.2) is 0 Å². The van der Waals surface area contributed by atoms with E-state index in [0.717, 1.165) is 24.1 Å². The zero-order valence-corrected chi connectivity index (χ0v) is 11.5. The van der Waals surface area contributed by atoms with Crippen LogP contribution in [0.1, 0.15) is 12.0 Å². The lowest BCUT2D eigenvalue weighted by atomic mass is 10.1. The molecule has 0 saturated carbocycles. The van der Waals surface area contributed by atoms with Crippen LogP contribution in [0.15, 0.2) is 22.7 Å². The lowest BCUT2D eigenvalue weighted by Gasteiger charge is -2.37. The van der Waals surface area contributed by atoms with Crippen molar-refractivity contribution in [1.29, 1.82) is 5.26 Å². The molecule has 0 spiro atoms. The normalized spacial score (nSPS) is 20.1. The van der Waals surface area contributed by atoms with Crippen LogP contribution >= 0.6 is 15.9 Å². The van der Waals surface area contributed by atoms with Crippen LogP contribution in [-0.4, -0.2) is 25.7 Å². The third kappa shape index (κ3) is 2.80. The number of nitrogens with zero attached hydrogens (tertiary/aromatic N) is 2. The van der Waals surface area contributed by atoms with Gasteiger partial charge in [-0.2, -0.15) is 5.26 Å². The van der Waals surface area contributed by atoms with E-state index in [0.29, 0.717) is 6.42 Å². The Labute approximate surface area is 111 Å². The Kier molecular flexibility index (Phi) is 4.03. The Bertz CT molecular complexity index is 439. The van der Waals surface area contributed by atoms with Gasteiger partial charge < -0.3 is 10.2 Å². The number of rotatable bonds is 2. The first kappa shape index (κ1) is 12.4. The van der Waals surface area contributed by atoms with Crippen molar-refractivity contribution in [3.63, 3.8) is 0 Å². The second-order valence-electron chi connectivity index (χ2n) is 4.35. The van der Waals surface area contributed by atoms with Crippen molar-refractivity contribution in [3.8, 4) is 6.07 Å². The summed E-state index contributed by atoms with van der Waals surface area (Å²) in [5.74, 6) is 0. The van der Waals surface area contributed by atoms with E-state index in [1.54, 1.807) is 0 Å². The number of nitriles is 1. The monoisotopic (exact) mass is 293 g/mol. The molecule has 0 aliphatic carbocycles. The van der Waals surface area contributed by atoms with E-state index in [1.165, 1.54) is 11.3 Å². The Morgan fingerprint density at radius 2 is 2.41 bits per heavy atom. The number of anilines is 1. The molecular formula is C13H16BrN3. The molecular weight excluding hydrogens is 278 g/mol. The zero-order chi connectivity index (χ0) is 12.3. The summed E-state index contributed by atoms with van der Waals surface area (Å²) in [6, 6.07) is 8.95. The van der Waals surface area contributed by atoms with Crippen LogP contribution in [0.25, 0.3) is 0 Å². The smallest absolute Gasteiger partial charge is 0.0643 e. The minimum Gasteiger partial charge on any atom is -0.365 e. The van der Waals surface area contributed by atoms with E-state index < -0.39 is 0 Å². The third-order valence-corrected chi connectivity index (χ3v) is 4.02. The van der Waals surface area contributed by atoms with Crippen LogP contribution in [0.4, 0.5) is 5.69 Å². The Hall–Kier alpha value is -1.05. The summed E-state index contributed by atoms with van der Waals surface area (Å²) in [6.45, 7) is 4.91. The van der Waals surface area contributed by atoms with Crippen molar-refractivity contribution in [1.82, 2.24) is 5.32 Å². The molecule has 90 valence electrons. The minimum atomic E-state index is 0.281. The quantitative estimate of drug-likeness (QED) is 0.910. The molecule has 0 bridgehead atoms. The molecule has 17 heavy (non-hydrogen) atoms. The summed E-state index contributed by atoms with van der Waals surface area (Å²) in [4.78, 5) is 2.32. The lowest BCUT2D eigenvalue weighted by Crippen LogP contribution is -2.51. The predicted octanol–water partition coefficient (Wildman–Crippen LogP) is 2.45. The predicted molar refractivity (Wildman–Crippen MR) is 73.1 cm³/mol. The Balaban J connectivity index is 2.23. The number of nitrogens with one attached hydrogen (secondary N) is 1. The van der Waals surface area contributed by atoms with E-state index in [1.807, 2.05) is 0 Å². The van der Waals surface area contributed by atoms with E-state index >= 15 is 0 Å². The molecule has 2 rings (SSSR count). The molecule has 1 atom stereocenters. The van der Waals surface area contributed by atoms with E-state index in [4.69, 9.17) is 5.26 Å². The lowest BCUT2D eigenvalue weighted by molar-refractivity contribution is 0.481. The maximum atomic E-state index is 8.87. The Morgan fingerprint density at radius 3 is 3.12 bits per heavy atom. The van der Waals surface area contributed by atoms with Crippen molar-refractivity contribution < 1.29 is 0 Å². The average molecular weight is 294 g/mol. The molecule has 1 aliphatic rings. The molecule has 1 aliphatic heterocycles. The van der Waals surface area contributed by atoms with Gasteiger partial charge in [-0.3, -0.25) is 0 Å². The number of benzene rings is 1. The third-order valence-electron chi connectivity index (χ3n) is 3.16. The average Bonchev–Trinajstić information content (AvgIpc) is 2.34. The summed E-state index contributed by atoms with van der Waals surface area (Å²) in [5.41, 5.74) is 2.44. The molecule has 1 fully saturated rings. The molecule has 1 aromatic rings. The van der Waals surface area contributed by atoms with Gasteiger partial charge in [-0.15, -0.1) is 0 Å². The van der Waals surface area contributed by atoms with Crippen LogP contribution in [-0.2, 0) is 0 Å². The molecule has 1 heterocycles. The fourth-order valence-electron chi connectivity index (χ4n) is 2.15. The van der Waals surface area contributed by atoms with Crippen molar-refractivity contribution in [2.45, 2.75) is 19.4 Å². The molecule has 4 heteroatoms. The highest BCUT2D eigenvalue weighted by Crippen LogP contribution is 2.26. The van der Waals surface area contributed by atoms with Crippen molar-refractivity contribution in [3.05, 3.63) is 28.2 Å². The van der Waals surface area contributed by atoms with Gasteiger partial charge in [-0.05, 0) is 24.6 Å². The first-order valence-corrected chi connectivity index (χ1v) is 6.62. The number of aryl methyl sites for hydroxylation is 1. The highest BCUT2D eigenvalue weighted by atomic mass is 79.9. The van der Waals surface area contributed by atoms with E-state index in [2.05, 4.69) is 57.3 Å². The molecule has 0 amide bonds. The van der Waals surface area contributed by atoms with Crippen LogP contribution in [0.2, 0.25) is 0 Å². The standard InChI is InChI=1S/C13H16BrN3/c1-10-2-3-11(8-13(10)14)17-7-6-16-9-12(17)4-5-15/h2-3,8,12,16H,4,6-7,9H2,1H3. The SMILES string of the molecule is Cc1ccc(N2CCNCC2CC#N)cc1Br. The number of halogens is 1. The molecule has 0 aromatic heterocycles. The summed E-state index contributed by atoms with van der Waals surface area (Å²) >= 11 is 3.56. The van der Waals surface area contributed by atoms with Crippen LogP contribution in [0.3, 0.4) is 0 Å². The number of hydrogen-bond donors (Lipinski definition) is 1. The molecule has 3 nitrogen and oxygen atoms in total. The molecule has 1 unspecified atom stereocenters. The van der Waals surface area contributed by atoms with Gasteiger partial charge in [0.1, 0.15) is 0 Å². The van der Waals surface area contributed by atoms with E-state index in [9.17, 15) is 0 Å². The second-order valence-corrected chi connectivity index (χ2v) is 5.20. The fraction of sp³-hybridized carbons (Fsp3) is 0.462. The first-order chi connectivity index (χ1) is 8.22. The van der Waals surface area contributed by atoms with Gasteiger partial charge in [0.25, 0.3) is 0 Å². The number of hydrogen-bond acceptors (Lipinski definition) is 3. The molecule has 1 N–H and O–H groups in total. The molecule has 1 aromatic carbocycles. The van der Waals surface area contributed by atoms with Gasteiger partial charge >= 0.3 is 0 Å². The maximum absolute atomic E-state index is 8.87. The van der Waals surface area contributed by atoms with Gasteiger partial charge in [-0.1, -0.05) is 22.0 Å². The molecule has 1 saturated heterocycles. The van der Waals surface area contributed by atoms with Crippen molar-refractivity contribution in [2.75, 3.05) is 24.5 Å². The zero-order valence-electron chi connectivity index (χ0n) is 9.91. The van der Waals surface area contributed by atoms with Crippen LogP contribution in [0, 0.1) is 18.3 Å². The van der Waals surface area contributed by atoms with Gasteiger partial charge in [0.15, 0.2) is 0 Å². The topological polar surface area (TPSA) is 39.1 Å². The maximum Gasteiger partial charge on any atom is 0.0643 e. The van der Waals surface area contributed by atoms with Gasteiger partial charge in [0.2, 0.25) is 0 Å². The van der Waals surface area contributed by atoms with Crippen molar-refractivity contribution in [2.24, 2.45) is 0 Å². The van der Waals surface area contributed by atoms with Crippen LogP contribution in [0.5, 0.6) is 0 Å². The highest BCUT2D eigenvalue weighted by Gasteiger charge is 2.22. The van der Waals surface area contributed by atoms with Crippen LogP contribution < -0.4 is 10.2 Å². The highest BCUT2D eigenvalue weighted by molar-refractivity contribution is 9.10. The first-order valence-electron chi connectivity index (χ1n) is 5.83. The van der Waals surface area contributed by atoms with Crippen molar-refractivity contribution >= 4 is 21.6 Å². The van der Waals surface area contributed by atoms with Gasteiger partial charge in [0.05, 0.1) is 18.5 Å². The summed E-state index contributed by atoms with van der Waals surface area (Å²) < 4.78 is 1.13. The summed E-state index contributed by atoms with van der Waals surface area (Å²) in [7, 11) is 0. The summed E-state index contributed by atoms with van der Waals surface area (Å²) in [5, 5.41) is 12.2. The number of piperazine rings is 1. The summed E-state index contributed by atoms with van der Waals surface area (Å²) in [6.07, 6.45) is 0.568. The van der Waals surface area contributed by atoms with Gasteiger partial charge in [0, 0.05) is 29.8 Å². The second kappa shape index (κ2) is 5.52. The molecule has 0 radical (unpaired) electrons. The Morgan fingerprint density at radius 1 is 1.59 bits per heavy atom. The minimum absolute atomic E-state index is 0.281. The largest absolute Gasteiger partial charge is 0.365 e. The van der Waals surface area contributed by atoms with E-state index in [-0.39, 0.29) is 6.04 Å².